The minimum absolute atomic E-state index is 0.0195. The highest BCUT2D eigenvalue weighted by molar-refractivity contribution is 9.10. The minimum atomic E-state index is -2.71. The lowest BCUT2D eigenvalue weighted by Crippen LogP contribution is -2.13. The summed E-state index contributed by atoms with van der Waals surface area (Å²) in [6, 6.07) is 7.43. The van der Waals surface area contributed by atoms with Gasteiger partial charge in [-0.2, -0.15) is 5.10 Å². The van der Waals surface area contributed by atoms with Crippen LogP contribution in [0.15, 0.2) is 34.9 Å². The maximum Gasteiger partial charge on any atom is 0.291 e. The number of alkyl halides is 2. The summed E-state index contributed by atoms with van der Waals surface area (Å²) in [4.78, 5) is 12.3. The van der Waals surface area contributed by atoms with Gasteiger partial charge in [0, 0.05) is 4.47 Å². The maximum absolute atomic E-state index is 12.5. The molecule has 6 nitrogen and oxygen atoms in total. The zero-order valence-corrected chi connectivity index (χ0v) is 14.6. The fourth-order valence-corrected chi connectivity index (χ4v) is 2.87. The van der Waals surface area contributed by atoms with Crippen molar-refractivity contribution < 1.29 is 13.6 Å². The first-order chi connectivity index (χ1) is 11.5. The summed E-state index contributed by atoms with van der Waals surface area (Å²) in [5.74, 6) is -0.479. The molecule has 0 aliphatic rings. The van der Waals surface area contributed by atoms with Crippen molar-refractivity contribution in [2.75, 3.05) is 5.32 Å². The molecule has 2 aromatic heterocycles. The van der Waals surface area contributed by atoms with Gasteiger partial charge in [-0.3, -0.25) is 10.1 Å². The highest BCUT2D eigenvalue weighted by Gasteiger charge is 2.19. The third kappa shape index (κ3) is 3.34. The monoisotopic (exact) mass is 413 g/mol. The lowest BCUT2D eigenvalue weighted by molar-refractivity contribution is 0.102. The minimum Gasteiger partial charge on any atom is -0.296 e. The van der Waals surface area contributed by atoms with Gasteiger partial charge in [0.2, 0.25) is 5.13 Å². The summed E-state index contributed by atoms with van der Waals surface area (Å²) in [7, 11) is 0. The van der Waals surface area contributed by atoms with Gasteiger partial charge in [-0.25, -0.2) is 13.5 Å². The molecule has 0 saturated carbocycles. The number of nitrogens with one attached hydrogen (secondary N) is 1. The largest absolute Gasteiger partial charge is 0.296 e. The van der Waals surface area contributed by atoms with Crippen LogP contribution in [-0.4, -0.2) is 25.9 Å². The molecule has 10 heteroatoms. The van der Waals surface area contributed by atoms with Gasteiger partial charge in [-0.15, -0.1) is 10.2 Å². The lowest BCUT2D eigenvalue weighted by Gasteiger charge is -2.05. The number of hydrogen-bond donors (Lipinski definition) is 1. The Morgan fingerprint density at radius 2 is 2.00 bits per heavy atom. The molecule has 124 valence electrons. The molecule has 1 amide bonds. The first-order valence-corrected chi connectivity index (χ1v) is 8.30. The number of halogens is 3. The van der Waals surface area contributed by atoms with Gasteiger partial charge in [0.25, 0.3) is 12.3 Å². The number of aromatic nitrogens is 4. The molecule has 0 atom stereocenters. The van der Waals surface area contributed by atoms with E-state index in [-0.39, 0.29) is 5.13 Å². The van der Waals surface area contributed by atoms with Crippen LogP contribution in [0.5, 0.6) is 0 Å². The smallest absolute Gasteiger partial charge is 0.291 e. The quantitative estimate of drug-likeness (QED) is 0.701. The Morgan fingerprint density at radius 3 is 2.62 bits per heavy atom. The molecule has 0 aliphatic heterocycles. The molecule has 0 unspecified atom stereocenters. The number of hydrogen-bond acceptors (Lipinski definition) is 5. The average molecular weight is 414 g/mol. The van der Waals surface area contributed by atoms with E-state index >= 15 is 0 Å². The van der Waals surface area contributed by atoms with Crippen LogP contribution in [0.4, 0.5) is 13.9 Å². The molecule has 0 aliphatic carbocycles. The number of benzene rings is 1. The van der Waals surface area contributed by atoms with E-state index in [2.05, 4.69) is 36.5 Å². The molecule has 0 bridgehead atoms. The van der Waals surface area contributed by atoms with E-state index in [1.807, 2.05) is 24.3 Å². The van der Waals surface area contributed by atoms with Gasteiger partial charge in [-0.05, 0) is 31.2 Å². The summed E-state index contributed by atoms with van der Waals surface area (Å²) in [5.41, 5.74) is 1.74. The van der Waals surface area contributed by atoms with Crippen molar-refractivity contribution >= 4 is 38.3 Å². The molecule has 3 aromatic rings. The summed E-state index contributed by atoms with van der Waals surface area (Å²) >= 11 is 3.99. The van der Waals surface area contributed by atoms with Gasteiger partial charge in [0.05, 0.1) is 23.1 Å². The molecule has 2 heterocycles. The van der Waals surface area contributed by atoms with Crippen LogP contribution in [0, 0.1) is 6.92 Å². The van der Waals surface area contributed by atoms with Gasteiger partial charge >= 0.3 is 0 Å². The van der Waals surface area contributed by atoms with E-state index in [1.54, 1.807) is 11.6 Å². The zero-order valence-electron chi connectivity index (χ0n) is 12.2. The van der Waals surface area contributed by atoms with Crippen molar-refractivity contribution in [1.29, 1.82) is 0 Å². The van der Waals surface area contributed by atoms with Gasteiger partial charge in [0.15, 0.2) is 5.01 Å². The second-order valence-corrected chi connectivity index (χ2v) is 6.66. The Morgan fingerprint density at radius 1 is 1.29 bits per heavy atom. The van der Waals surface area contributed by atoms with Gasteiger partial charge < -0.3 is 0 Å². The van der Waals surface area contributed by atoms with Crippen molar-refractivity contribution in [3.05, 3.63) is 51.2 Å². The number of carbonyl (C=O) groups excluding carboxylic acids is 1. The van der Waals surface area contributed by atoms with E-state index in [0.717, 1.165) is 10.2 Å². The second-order valence-electron chi connectivity index (χ2n) is 4.73. The molecule has 0 fully saturated rings. The molecule has 0 saturated heterocycles. The van der Waals surface area contributed by atoms with Gasteiger partial charge in [0.1, 0.15) is 0 Å². The van der Waals surface area contributed by atoms with E-state index in [0.29, 0.717) is 22.6 Å². The van der Waals surface area contributed by atoms with E-state index in [9.17, 15) is 13.6 Å². The molecule has 3 rings (SSSR count). The maximum atomic E-state index is 12.5. The van der Waals surface area contributed by atoms with E-state index in [1.165, 1.54) is 6.20 Å². The van der Waals surface area contributed by atoms with Crippen LogP contribution in [0.25, 0.3) is 5.69 Å². The van der Waals surface area contributed by atoms with Crippen molar-refractivity contribution in [2.24, 2.45) is 0 Å². The molecular formula is C14H10BrF2N5OS. The van der Waals surface area contributed by atoms with Crippen LogP contribution >= 0.6 is 27.3 Å². The highest BCUT2D eigenvalue weighted by Crippen LogP contribution is 2.26. The van der Waals surface area contributed by atoms with Crippen molar-refractivity contribution in [1.82, 2.24) is 20.0 Å². The highest BCUT2D eigenvalue weighted by atomic mass is 79.9. The first-order valence-electron chi connectivity index (χ1n) is 6.69. The molecule has 1 aromatic carbocycles. The second kappa shape index (κ2) is 6.73. The number of rotatable bonds is 4. The van der Waals surface area contributed by atoms with Crippen LogP contribution in [0.1, 0.15) is 27.5 Å². The topological polar surface area (TPSA) is 72.7 Å². The normalized spacial score (nSPS) is 11.0. The molecule has 0 radical (unpaired) electrons. The van der Waals surface area contributed by atoms with Gasteiger partial charge in [-0.1, -0.05) is 27.3 Å². The molecule has 24 heavy (non-hydrogen) atoms. The van der Waals surface area contributed by atoms with E-state index < -0.39 is 17.3 Å². The summed E-state index contributed by atoms with van der Waals surface area (Å²) in [6.07, 6.45) is -1.29. The van der Waals surface area contributed by atoms with E-state index in [4.69, 9.17) is 0 Å². The summed E-state index contributed by atoms with van der Waals surface area (Å²) in [5, 5.41) is 13.1. The Balaban J connectivity index is 1.81. The molecule has 1 N–H and O–H groups in total. The van der Waals surface area contributed by atoms with Crippen LogP contribution in [0.2, 0.25) is 0 Å². The first kappa shape index (κ1) is 16.7. The van der Waals surface area contributed by atoms with Crippen molar-refractivity contribution in [3.63, 3.8) is 0 Å². The van der Waals surface area contributed by atoms with Crippen molar-refractivity contribution in [2.45, 2.75) is 13.3 Å². The number of amides is 1. The predicted molar refractivity (Wildman–Crippen MR) is 88.8 cm³/mol. The zero-order chi connectivity index (χ0) is 17.3. The lowest BCUT2D eigenvalue weighted by atomic mass is 10.2. The standard InChI is InChI=1S/C14H10BrF2N5OS/c1-7-10(6-18-22(7)9-4-2-8(15)3-5-9)12(23)19-14-21-20-13(24-14)11(16)17/h2-6,11H,1H3,(H,19,21,23). The number of anilines is 1. The summed E-state index contributed by atoms with van der Waals surface area (Å²) in [6.45, 7) is 1.74. The Labute approximate surface area is 147 Å². The summed E-state index contributed by atoms with van der Waals surface area (Å²) < 4.78 is 27.6. The fraction of sp³-hybridized carbons (Fsp3) is 0.143. The third-order valence-corrected chi connectivity index (χ3v) is 4.55. The number of carbonyl (C=O) groups is 1. The average Bonchev–Trinajstić information content (AvgIpc) is 3.15. The Hall–Kier alpha value is -2.20. The molecular weight excluding hydrogens is 404 g/mol. The fourth-order valence-electron chi connectivity index (χ4n) is 2.01. The predicted octanol–water partition coefficient (Wildman–Crippen LogP) is 3.98. The van der Waals surface area contributed by atoms with Crippen LogP contribution < -0.4 is 5.32 Å². The van der Waals surface area contributed by atoms with Crippen molar-refractivity contribution in [3.8, 4) is 5.69 Å². The number of nitrogens with zero attached hydrogens (tertiary/aromatic N) is 4. The Bertz CT molecular complexity index is 878. The Kier molecular flexibility index (Phi) is 4.67. The van der Waals surface area contributed by atoms with Crippen LogP contribution in [-0.2, 0) is 0 Å². The van der Waals surface area contributed by atoms with Crippen LogP contribution in [0.3, 0.4) is 0 Å². The molecule has 0 spiro atoms. The SMILES string of the molecule is Cc1c(C(=O)Nc2nnc(C(F)F)s2)cnn1-c1ccc(Br)cc1. The third-order valence-electron chi connectivity index (χ3n) is 3.17.